The monoisotopic (exact) mass is 457 g/mol. The number of hydrogen-bond acceptors (Lipinski definition) is 4. The molecule has 8 heteroatoms. The Morgan fingerprint density at radius 1 is 1.00 bits per heavy atom. The molecule has 0 aromatic heterocycles. The van der Waals surface area contributed by atoms with Crippen LogP contribution >= 0.6 is 0 Å². The van der Waals surface area contributed by atoms with Crippen molar-refractivity contribution in [2.24, 2.45) is 0 Å². The molecule has 2 amide bonds. The molecule has 1 fully saturated rings. The molecule has 1 aliphatic carbocycles. The fraction of sp³-hybridized carbons (Fsp3) is 0.417. The van der Waals surface area contributed by atoms with Crippen molar-refractivity contribution in [3.05, 3.63) is 60.2 Å². The summed E-state index contributed by atoms with van der Waals surface area (Å²) < 4.78 is 26.3. The molecular weight excluding hydrogens is 426 g/mol. The van der Waals surface area contributed by atoms with Crippen LogP contribution in [0.15, 0.2) is 54.6 Å². The Labute approximate surface area is 190 Å². The first-order valence-corrected chi connectivity index (χ1v) is 12.9. The van der Waals surface area contributed by atoms with Gasteiger partial charge in [0.1, 0.15) is 6.04 Å². The Morgan fingerprint density at radius 3 is 2.25 bits per heavy atom. The van der Waals surface area contributed by atoms with Gasteiger partial charge in [-0.05, 0) is 43.5 Å². The van der Waals surface area contributed by atoms with Crippen LogP contribution in [0.25, 0.3) is 0 Å². The van der Waals surface area contributed by atoms with Gasteiger partial charge in [-0.15, -0.1) is 0 Å². The number of nitrogens with zero attached hydrogens (tertiary/aromatic N) is 1. The van der Waals surface area contributed by atoms with Crippen molar-refractivity contribution in [1.82, 2.24) is 5.32 Å². The van der Waals surface area contributed by atoms with E-state index < -0.39 is 22.0 Å². The summed E-state index contributed by atoms with van der Waals surface area (Å²) in [6, 6.07) is 14.5. The maximum atomic E-state index is 13.2. The third-order valence-corrected chi connectivity index (χ3v) is 6.89. The highest BCUT2D eigenvalue weighted by atomic mass is 32.2. The second kappa shape index (κ2) is 10.6. The molecule has 2 aromatic carbocycles. The first-order chi connectivity index (χ1) is 15.3. The van der Waals surface area contributed by atoms with Gasteiger partial charge in [-0.1, -0.05) is 56.5 Å². The van der Waals surface area contributed by atoms with Crippen molar-refractivity contribution in [3.63, 3.8) is 0 Å². The standard InChI is InChI=1S/C24H31N3O4S/c1-3-22(27(32(2,30)31)19-14-8-5-9-15-19)24(29)26-21-17-11-10-16-20(21)23(28)25-18-12-6-4-7-13-18/h5,8-11,14-18,22H,3-4,6-7,12-13H2,1-2H3,(H,25,28)(H,26,29)/t22-/m1/s1. The molecule has 0 spiro atoms. The zero-order valence-electron chi connectivity index (χ0n) is 18.6. The summed E-state index contributed by atoms with van der Waals surface area (Å²) >= 11 is 0. The summed E-state index contributed by atoms with van der Waals surface area (Å²) in [6.07, 6.45) is 6.66. The number of hydrogen-bond donors (Lipinski definition) is 2. The lowest BCUT2D eigenvalue weighted by Crippen LogP contribution is -2.47. The molecule has 0 unspecified atom stereocenters. The number of benzene rings is 2. The van der Waals surface area contributed by atoms with E-state index in [9.17, 15) is 18.0 Å². The average molecular weight is 458 g/mol. The van der Waals surface area contributed by atoms with Gasteiger partial charge in [-0.3, -0.25) is 13.9 Å². The molecule has 7 nitrogen and oxygen atoms in total. The highest BCUT2D eigenvalue weighted by Crippen LogP contribution is 2.24. The molecule has 0 aliphatic heterocycles. The normalized spacial score (nSPS) is 15.6. The van der Waals surface area contributed by atoms with E-state index in [4.69, 9.17) is 0 Å². The van der Waals surface area contributed by atoms with Gasteiger partial charge in [0, 0.05) is 6.04 Å². The number of sulfonamides is 1. The molecule has 1 atom stereocenters. The maximum Gasteiger partial charge on any atom is 0.253 e. The van der Waals surface area contributed by atoms with E-state index in [2.05, 4.69) is 10.6 Å². The summed E-state index contributed by atoms with van der Waals surface area (Å²) in [6.45, 7) is 1.76. The summed E-state index contributed by atoms with van der Waals surface area (Å²) in [5, 5.41) is 5.86. The van der Waals surface area contributed by atoms with Gasteiger partial charge < -0.3 is 10.6 Å². The van der Waals surface area contributed by atoms with Crippen LogP contribution in [-0.2, 0) is 14.8 Å². The number of carbonyl (C=O) groups excluding carboxylic acids is 2. The fourth-order valence-electron chi connectivity index (χ4n) is 4.15. The van der Waals surface area contributed by atoms with Crippen LogP contribution in [-0.4, -0.2) is 38.6 Å². The lowest BCUT2D eigenvalue weighted by molar-refractivity contribution is -0.117. The molecule has 0 bridgehead atoms. The van der Waals surface area contributed by atoms with Crippen LogP contribution in [0.3, 0.4) is 0 Å². The predicted molar refractivity (Wildman–Crippen MR) is 127 cm³/mol. The van der Waals surface area contributed by atoms with Crippen molar-refractivity contribution in [3.8, 4) is 0 Å². The molecule has 172 valence electrons. The third-order valence-electron chi connectivity index (χ3n) is 5.71. The maximum absolute atomic E-state index is 13.2. The highest BCUT2D eigenvalue weighted by molar-refractivity contribution is 7.92. The van der Waals surface area contributed by atoms with E-state index in [-0.39, 0.29) is 18.4 Å². The lowest BCUT2D eigenvalue weighted by Gasteiger charge is -2.30. The lowest BCUT2D eigenvalue weighted by atomic mass is 9.95. The number of nitrogens with one attached hydrogen (secondary N) is 2. The minimum absolute atomic E-state index is 0.141. The largest absolute Gasteiger partial charge is 0.349 e. The molecule has 32 heavy (non-hydrogen) atoms. The van der Waals surface area contributed by atoms with E-state index in [1.807, 2.05) is 0 Å². The van der Waals surface area contributed by atoms with Crippen molar-refractivity contribution in [2.45, 2.75) is 57.5 Å². The van der Waals surface area contributed by atoms with Gasteiger partial charge in [0.05, 0.1) is 23.2 Å². The van der Waals surface area contributed by atoms with Gasteiger partial charge in [-0.2, -0.15) is 0 Å². The Balaban J connectivity index is 1.83. The van der Waals surface area contributed by atoms with Gasteiger partial charge >= 0.3 is 0 Å². The molecule has 2 aromatic rings. The summed E-state index contributed by atoms with van der Waals surface area (Å²) in [7, 11) is -3.72. The van der Waals surface area contributed by atoms with Gasteiger partial charge in [0.25, 0.3) is 5.91 Å². The Kier molecular flexibility index (Phi) is 7.90. The zero-order valence-corrected chi connectivity index (χ0v) is 19.4. The number of rotatable bonds is 8. The second-order valence-corrected chi connectivity index (χ2v) is 10.0. The Hall–Kier alpha value is -2.87. The topological polar surface area (TPSA) is 95.6 Å². The van der Waals surface area contributed by atoms with Gasteiger partial charge in [0.2, 0.25) is 15.9 Å². The quantitative estimate of drug-likeness (QED) is 0.628. The van der Waals surface area contributed by atoms with Gasteiger partial charge in [-0.25, -0.2) is 8.42 Å². The summed E-state index contributed by atoms with van der Waals surface area (Å²) in [5.41, 5.74) is 1.15. The molecule has 1 saturated carbocycles. The van der Waals surface area contributed by atoms with Crippen LogP contribution in [0.5, 0.6) is 0 Å². The average Bonchev–Trinajstić information content (AvgIpc) is 2.78. The smallest absolute Gasteiger partial charge is 0.253 e. The zero-order chi connectivity index (χ0) is 23.1. The van der Waals surface area contributed by atoms with E-state index >= 15 is 0 Å². The van der Waals surface area contributed by atoms with Crippen molar-refractivity contribution < 1.29 is 18.0 Å². The number of carbonyl (C=O) groups is 2. The van der Waals surface area contributed by atoms with Crippen LogP contribution in [0.1, 0.15) is 55.8 Å². The Bertz CT molecular complexity index is 1030. The van der Waals surface area contributed by atoms with Crippen molar-refractivity contribution in [2.75, 3.05) is 15.9 Å². The van der Waals surface area contributed by atoms with Gasteiger partial charge in [0.15, 0.2) is 0 Å². The number of amides is 2. The fourth-order valence-corrected chi connectivity index (χ4v) is 5.36. The van der Waals surface area contributed by atoms with E-state index in [1.165, 1.54) is 6.42 Å². The number of anilines is 2. The van der Waals surface area contributed by atoms with E-state index in [0.29, 0.717) is 16.9 Å². The predicted octanol–water partition coefficient (Wildman–Crippen LogP) is 3.93. The summed E-state index contributed by atoms with van der Waals surface area (Å²) in [4.78, 5) is 26.1. The van der Waals surface area contributed by atoms with Crippen LogP contribution in [0, 0.1) is 0 Å². The molecule has 1 aliphatic rings. The molecule has 2 N–H and O–H groups in total. The molecule has 0 saturated heterocycles. The Morgan fingerprint density at radius 2 is 1.62 bits per heavy atom. The van der Waals surface area contributed by atoms with Crippen LogP contribution < -0.4 is 14.9 Å². The van der Waals surface area contributed by atoms with Crippen molar-refractivity contribution >= 4 is 33.2 Å². The highest BCUT2D eigenvalue weighted by Gasteiger charge is 2.32. The molecule has 3 rings (SSSR count). The number of para-hydroxylation sites is 2. The van der Waals surface area contributed by atoms with Crippen molar-refractivity contribution in [1.29, 1.82) is 0 Å². The first kappa shape index (κ1) is 23.8. The molecule has 0 heterocycles. The van der Waals surface area contributed by atoms with E-state index in [1.54, 1.807) is 61.5 Å². The molecule has 0 radical (unpaired) electrons. The third kappa shape index (κ3) is 5.88. The minimum atomic E-state index is -3.72. The van der Waals surface area contributed by atoms with Crippen LogP contribution in [0.2, 0.25) is 0 Å². The molecular formula is C24H31N3O4S. The van der Waals surface area contributed by atoms with Crippen LogP contribution in [0.4, 0.5) is 11.4 Å². The second-order valence-electron chi connectivity index (χ2n) is 8.16. The van der Waals surface area contributed by atoms with E-state index in [0.717, 1.165) is 36.2 Å². The SMILES string of the molecule is CC[C@H](C(=O)Nc1ccccc1C(=O)NC1CCCCC1)N(c1ccccc1)S(C)(=O)=O. The minimum Gasteiger partial charge on any atom is -0.349 e. The summed E-state index contributed by atoms with van der Waals surface area (Å²) in [5.74, 6) is -0.719. The first-order valence-electron chi connectivity index (χ1n) is 11.1.